The zero-order valence-electron chi connectivity index (χ0n) is 18.2. The van der Waals surface area contributed by atoms with Crippen LogP contribution in [0, 0.1) is 3.57 Å². The van der Waals surface area contributed by atoms with Gasteiger partial charge in [-0.3, -0.25) is 0 Å². The van der Waals surface area contributed by atoms with Crippen LogP contribution in [0.3, 0.4) is 0 Å². The van der Waals surface area contributed by atoms with E-state index < -0.39 is 22.2 Å². The molecule has 1 fully saturated rings. The van der Waals surface area contributed by atoms with E-state index in [0.29, 0.717) is 15.7 Å². The van der Waals surface area contributed by atoms with Crippen LogP contribution in [-0.2, 0) is 14.5 Å². The van der Waals surface area contributed by atoms with Gasteiger partial charge in [-0.15, -0.1) is 0 Å². The average Bonchev–Trinajstić information content (AvgIpc) is 2.97. The molecule has 0 saturated carbocycles. The number of rotatable bonds is 8. The molecule has 31 heavy (non-hydrogen) atoms. The molecule has 0 unspecified atom stereocenters. The van der Waals surface area contributed by atoms with Crippen LogP contribution in [0.25, 0.3) is 6.08 Å². The normalized spacial score (nSPS) is 23.3. The molecular formula is C22H30BIO6S. The minimum absolute atomic E-state index is 0.0929. The Labute approximate surface area is 198 Å². The molecule has 0 amide bonds. The second-order valence-electron chi connectivity index (χ2n) is 8.17. The molecule has 2 heterocycles. The van der Waals surface area contributed by atoms with Gasteiger partial charge in [0.25, 0.3) is 0 Å². The van der Waals surface area contributed by atoms with E-state index in [2.05, 4.69) is 35.6 Å². The van der Waals surface area contributed by atoms with E-state index in [0.717, 1.165) is 42.4 Å². The number of hydrogen-bond acceptors (Lipinski definition) is 6. The molecule has 9 heteroatoms. The van der Waals surface area contributed by atoms with E-state index in [1.54, 1.807) is 6.07 Å². The molecule has 0 spiro atoms. The van der Waals surface area contributed by atoms with Gasteiger partial charge in [-0.1, -0.05) is 37.5 Å². The summed E-state index contributed by atoms with van der Waals surface area (Å²) in [5.41, 5.74) is 3.99. The molecule has 0 bridgehead atoms. The lowest BCUT2D eigenvalue weighted by Crippen LogP contribution is -2.41. The fourth-order valence-electron chi connectivity index (χ4n) is 4.54. The van der Waals surface area contributed by atoms with Crippen molar-refractivity contribution in [2.24, 2.45) is 0 Å². The number of sulfone groups is 1. The number of fused-ring (bicyclic) bond motifs is 1. The zero-order valence-corrected chi connectivity index (χ0v) is 21.2. The molecule has 1 aromatic carbocycles. The largest absolute Gasteiger partial charge is 0.504 e. The summed E-state index contributed by atoms with van der Waals surface area (Å²) >= 11 is 2.08. The van der Waals surface area contributed by atoms with Crippen LogP contribution in [0.15, 0.2) is 28.9 Å². The second kappa shape index (κ2) is 10.3. The van der Waals surface area contributed by atoms with Gasteiger partial charge in [-0.2, -0.15) is 0 Å². The number of ether oxygens (including phenoxy) is 1. The number of benzene rings is 1. The number of methoxy groups -OCH3 is 1. The van der Waals surface area contributed by atoms with Crippen molar-refractivity contribution in [2.45, 2.75) is 63.6 Å². The molecule has 0 aromatic heterocycles. The van der Waals surface area contributed by atoms with Gasteiger partial charge in [0.1, 0.15) is 0 Å². The standard InChI is InChI=1S/C22H30BIO6S/c1-4-6-16-13-31(27,28)20-12-23(26)30-18(21(16)20)8-7-14(5-2)9-15-10-17(24)22(25)19(11-15)29-3/h9-11,18,20,25-26H,4-8,12-13H2,1-3H3/b14-9+/t18-,20+/m1/s1. The highest BCUT2D eigenvalue weighted by atomic mass is 127. The van der Waals surface area contributed by atoms with Gasteiger partial charge >= 0.3 is 7.12 Å². The number of phenolic OH excluding ortho intramolecular Hbond substituents is 1. The van der Waals surface area contributed by atoms with Gasteiger partial charge in [-0.05, 0) is 71.5 Å². The van der Waals surface area contributed by atoms with Crippen molar-refractivity contribution in [1.82, 2.24) is 0 Å². The quantitative estimate of drug-likeness (QED) is 0.279. The Hall–Kier alpha value is -1.04. The Bertz CT molecular complexity index is 988. The summed E-state index contributed by atoms with van der Waals surface area (Å²) in [5.74, 6) is 0.655. The molecule has 2 aliphatic rings. The van der Waals surface area contributed by atoms with Crippen molar-refractivity contribution in [3.63, 3.8) is 0 Å². The highest BCUT2D eigenvalue weighted by Gasteiger charge is 2.48. The fraction of sp³-hybridized carbons (Fsp3) is 0.545. The highest BCUT2D eigenvalue weighted by molar-refractivity contribution is 14.1. The van der Waals surface area contributed by atoms with Crippen LogP contribution in [0.2, 0.25) is 6.32 Å². The number of allylic oxidation sites excluding steroid dienone is 1. The summed E-state index contributed by atoms with van der Waals surface area (Å²) in [5, 5.41) is 19.6. The number of phenols is 1. The summed E-state index contributed by atoms with van der Waals surface area (Å²) in [6.07, 6.45) is 5.65. The van der Waals surface area contributed by atoms with Crippen LogP contribution >= 0.6 is 22.6 Å². The van der Waals surface area contributed by atoms with Gasteiger partial charge in [0.15, 0.2) is 21.3 Å². The molecule has 6 nitrogen and oxygen atoms in total. The first-order valence-electron chi connectivity index (χ1n) is 10.7. The van der Waals surface area contributed by atoms with Crippen molar-refractivity contribution in [1.29, 1.82) is 0 Å². The minimum atomic E-state index is -3.26. The first-order chi connectivity index (χ1) is 14.7. The molecule has 2 N–H and O–H groups in total. The average molecular weight is 560 g/mol. The number of hydrogen-bond donors (Lipinski definition) is 2. The lowest BCUT2D eigenvalue weighted by Gasteiger charge is -2.32. The summed E-state index contributed by atoms with van der Waals surface area (Å²) < 4.78 is 37.2. The van der Waals surface area contributed by atoms with Crippen LogP contribution < -0.4 is 4.74 Å². The van der Waals surface area contributed by atoms with E-state index >= 15 is 0 Å². The maximum absolute atomic E-state index is 12.7. The summed E-state index contributed by atoms with van der Waals surface area (Å²) in [7, 11) is -2.78. The van der Waals surface area contributed by atoms with Gasteiger partial charge < -0.3 is 19.5 Å². The van der Waals surface area contributed by atoms with Crippen molar-refractivity contribution in [2.75, 3.05) is 12.9 Å². The third-order valence-corrected chi connectivity index (χ3v) is 8.91. The third kappa shape index (κ3) is 5.49. The highest BCUT2D eigenvalue weighted by Crippen LogP contribution is 2.41. The summed E-state index contributed by atoms with van der Waals surface area (Å²) in [6, 6.07) is 3.70. The molecule has 170 valence electrons. The van der Waals surface area contributed by atoms with Crippen molar-refractivity contribution in [3.8, 4) is 11.5 Å². The lowest BCUT2D eigenvalue weighted by atomic mass is 9.74. The van der Waals surface area contributed by atoms with Crippen LogP contribution in [0.4, 0.5) is 0 Å². The smallest absolute Gasteiger partial charge is 0.456 e. The molecule has 1 aromatic rings. The minimum Gasteiger partial charge on any atom is -0.504 e. The van der Waals surface area contributed by atoms with Crippen LogP contribution in [-0.4, -0.2) is 49.9 Å². The Morgan fingerprint density at radius 3 is 2.77 bits per heavy atom. The number of aromatic hydroxyl groups is 1. The van der Waals surface area contributed by atoms with Gasteiger partial charge in [0, 0.05) is 6.32 Å². The Morgan fingerprint density at radius 2 is 2.13 bits per heavy atom. The Balaban J connectivity index is 1.83. The second-order valence-corrected chi connectivity index (χ2v) is 11.5. The van der Waals surface area contributed by atoms with E-state index in [-0.39, 0.29) is 23.9 Å². The van der Waals surface area contributed by atoms with Crippen LogP contribution in [0.5, 0.6) is 11.5 Å². The van der Waals surface area contributed by atoms with Crippen LogP contribution in [0.1, 0.15) is 51.5 Å². The first-order valence-corrected chi connectivity index (χ1v) is 13.5. The van der Waals surface area contributed by atoms with E-state index in [1.165, 1.54) is 12.7 Å². The molecule has 0 radical (unpaired) electrons. The van der Waals surface area contributed by atoms with Gasteiger partial charge in [0.2, 0.25) is 0 Å². The van der Waals surface area contributed by atoms with Gasteiger partial charge in [0.05, 0.1) is 27.8 Å². The Kier molecular flexibility index (Phi) is 8.15. The Morgan fingerprint density at radius 1 is 1.39 bits per heavy atom. The molecule has 1 saturated heterocycles. The zero-order chi connectivity index (χ0) is 22.8. The van der Waals surface area contributed by atoms with Crippen molar-refractivity contribution >= 4 is 45.6 Å². The summed E-state index contributed by atoms with van der Waals surface area (Å²) in [4.78, 5) is 0. The van der Waals surface area contributed by atoms with Crippen molar-refractivity contribution in [3.05, 3.63) is 38.0 Å². The lowest BCUT2D eigenvalue weighted by molar-refractivity contribution is 0.169. The summed E-state index contributed by atoms with van der Waals surface area (Å²) in [6.45, 7) is 4.13. The van der Waals surface area contributed by atoms with E-state index in [9.17, 15) is 18.5 Å². The molecular weight excluding hydrogens is 530 g/mol. The molecule has 3 rings (SSSR count). The monoisotopic (exact) mass is 560 g/mol. The van der Waals surface area contributed by atoms with Crippen molar-refractivity contribution < 1.29 is 27.9 Å². The number of halogens is 1. The molecule has 2 aliphatic heterocycles. The topological polar surface area (TPSA) is 93.1 Å². The maximum atomic E-state index is 12.7. The third-order valence-electron chi connectivity index (χ3n) is 6.02. The molecule has 2 atom stereocenters. The fourth-order valence-corrected chi connectivity index (χ4v) is 7.32. The molecule has 0 aliphatic carbocycles. The SMILES string of the molecule is CCCC1=C2[C@@H](CC/C(=C/c3cc(I)c(O)c(OC)c3)CC)OB(O)C[C@@H]2S(=O)(=O)C1. The predicted octanol–water partition coefficient (Wildman–Crippen LogP) is 4.35. The maximum Gasteiger partial charge on any atom is 0.456 e. The predicted molar refractivity (Wildman–Crippen MR) is 132 cm³/mol. The van der Waals surface area contributed by atoms with E-state index in [4.69, 9.17) is 9.39 Å². The van der Waals surface area contributed by atoms with E-state index in [1.807, 2.05) is 13.0 Å². The van der Waals surface area contributed by atoms with Gasteiger partial charge in [-0.25, -0.2) is 8.42 Å². The first kappa shape index (κ1) is 24.6.